The number of guanidine groups is 1. The third-order valence-electron chi connectivity index (χ3n) is 4.22. The van der Waals surface area contributed by atoms with E-state index in [0.717, 1.165) is 23.8 Å². The molecule has 134 valence electrons. The van der Waals surface area contributed by atoms with Gasteiger partial charge in [-0.05, 0) is 38.5 Å². The molecule has 0 amide bonds. The van der Waals surface area contributed by atoms with Crippen LogP contribution in [0.1, 0.15) is 26.3 Å². The van der Waals surface area contributed by atoms with Crippen molar-refractivity contribution in [2.24, 2.45) is 4.99 Å². The number of nitrogens with zero attached hydrogens (tertiary/aromatic N) is 2. The smallest absolute Gasteiger partial charge is 0.194 e. The fourth-order valence-electron chi connectivity index (χ4n) is 2.69. The summed E-state index contributed by atoms with van der Waals surface area (Å²) < 4.78 is 28.8. The van der Waals surface area contributed by atoms with E-state index in [1.807, 2.05) is 36.1 Å². The molecule has 7 heteroatoms. The minimum Gasteiger partial charge on any atom is -0.497 e. The predicted octanol–water partition coefficient (Wildman–Crippen LogP) is 1.67. The molecular weight excluding hydrogens is 326 g/mol. The molecule has 0 radical (unpaired) electrons. The standard InChI is InChI=1S/C17H27N3O3S/c1-5-18-16(19-12-14-7-6-8-15(11-14)23-4)20-9-10-24(21,22)17(2,3)13-20/h6-8,11H,5,9-10,12-13H2,1-4H3,(H,18,19). The number of methoxy groups -OCH3 is 1. The second-order valence-corrected chi connectivity index (χ2v) is 9.26. The van der Waals surface area contributed by atoms with E-state index in [1.165, 1.54) is 0 Å². The third kappa shape index (κ3) is 4.20. The van der Waals surface area contributed by atoms with Crippen LogP contribution in [0.25, 0.3) is 0 Å². The van der Waals surface area contributed by atoms with Gasteiger partial charge in [0.05, 0.1) is 24.2 Å². The molecule has 0 bridgehead atoms. The van der Waals surface area contributed by atoms with Gasteiger partial charge in [-0.2, -0.15) is 0 Å². The summed E-state index contributed by atoms with van der Waals surface area (Å²) in [6, 6.07) is 7.79. The van der Waals surface area contributed by atoms with Gasteiger partial charge in [0.15, 0.2) is 15.8 Å². The van der Waals surface area contributed by atoms with Crippen molar-refractivity contribution in [2.45, 2.75) is 32.1 Å². The summed E-state index contributed by atoms with van der Waals surface area (Å²) in [4.78, 5) is 6.71. The van der Waals surface area contributed by atoms with Crippen molar-refractivity contribution >= 4 is 15.8 Å². The number of rotatable bonds is 4. The van der Waals surface area contributed by atoms with Gasteiger partial charge in [0.1, 0.15) is 5.75 Å². The van der Waals surface area contributed by atoms with E-state index in [2.05, 4.69) is 10.3 Å². The highest BCUT2D eigenvalue weighted by molar-refractivity contribution is 7.92. The number of hydrogen-bond donors (Lipinski definition) is 1. The first-order valence-corrected chi connectivity index (χ1v) is 9.83. The first-order valence-electron chi connectivity index (χ1n) is 8.17. The van der Waals surface area contributed by atoms with Gasteiger partial charge in [-0.25, -0.2) is 13.4 Å². The minimum atomic E-state index is -3.06. The Morgan fingerprint density at radius 1 is 1.42 bits per heavy atom. The molecule has 1 aliphatic rings. The monoisotopic (exact) mass is 353 g/mol. The zero-order chi connectivity index (χ0) is 17.8. The Kier molecular flexibility index (Phi) is 5.74. The summed E-state index contributed by atoms with van der Waals surface area (Å²) in [5, 5.41) is 3.27. The molecule has 0 unspecified atom stereocenters. The molecule has 1 aromatic carbocycles. The van der Waals surface area contributed by atoms with Gasteiger partial charge >= 0.3 is 0 Å². The second kappa shape index (κ2) is 7.42. The summed E-state index contributed by atoms with van der Waals surface area (Å²) >= 11 is 0. The van der Waals surface area contributed by atoms with E-state index in [4.69, 9.17) is 4.74 Å². The molecule has 0 saturated carbocycles. The minimum absolute atomic E-state index is 0.156. The molecule has 0 atom stereocenters. The topological polar surface area (TPSA) is 71.0 Å². The summed E-state index contributed by atoms with van der Waals surface area (Å²) in [5.41, 5.74) is 1.05. The molecule has 24 heavy (non-hydrogen) atoms. The average molecular weight is 353 g/mol. The van der Waals surface area contributed by atoms with Crippen molar-refractivity contribution in [3.8, 4) is 5.75 Å². The lowest BCUT2D eigenvalue weighted by Crippen LogP contribution is -2.57. The van der Waals surface area contributed by atoms with Gasteiger partial charge in [-0.15, -0.1) is 0 Å². The van der Waals surface area contributed by atoms with E-state index in [-0.39, 0.29) is 5.75 Å². The van der Waals surface area contributed by atoms with Crippen molar-refractivity contribution in [1.29, 1.82) is 0 Å². The molecule has 1 heterocycles. The first-order chi connectivity index (χ1) is 11.3. The van der Waals surface area contributed by atoms with E-state index in [1.54, 1.807) is 21.0 Å². The lowest BCUT2D eigenvalue weighted by atomic mass is 10.2. The van der Waals surface area contributed by atoms with Gasteiger partial charge in [0, 0.05) is 19.6 Å². The molecule has 1 saturated heterocycles. The third-order valence-corrected chi connectivity index (χ3v) is 6.76. The van der Waals surface area contributed by atoms with Crippen molar-refractivity contribution in [3.63, 3.8) is 0 Å². The van der Waals surface area contributed by atoms with Gasteiger partial charge in [0.25, 0.3) is 0 Å². The van der Waals surface area contributed by atoms with Crippen LogP contribution < -0.4 is 10.1 Å². The molecule has 0 aliphatic carbocycles. The van der Waals surface area contributed by atoms with Crippen molar-refractivity contribution in [2.75, 3.05) is 32.5 Å². The summed E-state index contributed by atoms with van der Waals surface area (Å²) in [7, 11) is -1.42. The maximum absolute atomic E-state index is 12.2. The first kappa shape index (κ1) is 18.6. The van der Waals surface area contributed by atoms with E-state index < -0.39 is 14.6 Å². The number of benzene rings is 1. The Morgan fingerprint density at radius 3 is 2.79 bits per heavy atom. The second-order valence-electron chi connectivity index (χ2n) is 6.52. The number of hydrogen-bond acceptors (Lipinski definition) is 4. The molecule has 1 N–H and O–H groups in total. The highest BCUT2D eigenvalue weighted by Gasteiger charge is 2.40. The van der Waals surface area contributed by atoms with Gasteiger partial charge < -0.3 is 15.0 Å². The number of nitrogens with one attached hydrogen (secondary N) is 1. The highest BCUT2D eigenvalue weighted by atomic mass is 32.2. The zero-order valence-electron chi connectivity index (χ0n) is 14.9. The molecule has 1 aromatic rings. The van der Waals surface area contributed by atoms with Crippen LogP contribution in [0.5, 0.6) is 5.75 Å². The van der Waals surface area contributed by atoms with Crippen molar-refractivity contribution in [3.05, 3.63) is 29.8 Å². The molecule has 0 spiro atoms. The summed E-state index contributed by atoms with van der Waals surface area (Å²) in [5.74, 6) is 1.71. The normalized spacial score (nSPS) is 19.8. The van der Waals surface area contributed by atoms with Crippen LogP contribution in [0, 0.1) is 0 Å². The number of ether oxygens (including phenoxy) is 1. The van der Waals surface area contributed by atoms with Crippen LogP contribution in [0.4, 0.5) is 0 Å². The van der Waals surface area contributed by atoms with Crippen LogP contribution >= 0.6 is 0 Å². The lowest BCUT2D eigenvalue weighted by molar-refractivity contribution is 0.353. The molecular formula is C17H27N3O3S. The molecule has 6 nitrogen and oxygen atoms in total. The Bertz CT molecular complexity index is 699. The molecule has 1 fully saturated rings. The van der Waals surface area contributed by atoms with E-state index in [9.17, 15) is 8.42 Å². The average Bonchev–Trinajstić information content (AvgIpc) is 2.54. The van der Waals surface area contributed by atoms with Gasteiger partial charge in [-0.3, -0.25) is 0 Å². The Labute approximate surface area is 144 Å². The van der Waals surface area contributed by atoms with Crippen molar-refractivity contribution in [1.82, 2.24) is 10.2 Å². The lowest BCUT2D eigenvalue weighted by Gasteiger charge is -2.39. The Balaban J connectivity index is 2.16. The van der Waals surface area contributed by atoms with Gasteiger partial charge in [-0.1, -0.05) is 12.1 Å². The van der Waals surface area contributed by atoms with Crippen LogP contribution in [0.15, 0.2) is 29.3 Å². The quantitative estimate of drug-likeness (QED) is 0.659. The largest absolute Gasteiger partial charge is 0.497 e. The predicted molar refractivity (Wildman–Crippen MR) is 97.2 cm³/mol. The summed E-state index contributed by atoms with van der Waals surface area (Å²) in [6.07, 6.45) is 0. The molecule has 2 rings (SSSR count). The Hall–Kier alpha value is -1.76. The van der Waals surface area contributed by atoms with Crippen LogP contribution in [-0.2, 0) is 16.4 Å². The Morgan fingerprint density at radius 2 is 2.17 bits per heavy atom. The van der Waals surface area contributed by atoms with Gasteiger partial charge in [0.2, 0.25) is 0 Å². The SMILES string of the molecule is CCNC(=NCc1cccc(OC)c1)N1CCS(=O)(=O)C(C)(C)C1. The van der Waals surface area contributed by atoms with Crippen LogP contribution in [-0.4, -0.2) is 56.5 Å². The van der Waals surface area contributed by atoms with Crippen LogP contribution in [0.3, 0.4) is 0 Å². The maximum Gasteiger partial charge on any atom is 0.194 e. The number of aliphatic imine (C=N–C) groups is 1. The number of sulfone groups is 1. The highest BCUT2D eigenvalue weighted by Crippen LogP contribution is 2.24. The van der Waals surface area contributed by atoms with E-state index in [0.29, 0.717) is 19.6 Å². The molecule has 1 aliphatic heterocycles. The zero-order valence-corrected chi connectivity index (χ0v) is 15.7. The fourth-order valence-corrected chi connectivity index (χ4v) is 4.05. The fraction of sp³-hybridized carbons (Fsp3) is 0.588. The van der Waals surface area contributed by atoms with Crippen LogP contribution in [0.2, 0.25) is 0 Å². The molecule has 0 aromatic heterocycles. The van der Waals surface area contributed by atoms with Crippen molar-refractivity contribution < 1.29 is 13.2 Å². The maximum atomic E-state index is 12.2. The van der Waals surface area contributed by atoms with E-state index >= 15 is 0 Å². The summed E-state index contributed by atoms with van der Waals surface area (Å²) in [6.45, 7) is 7.73.